The number of amides is 1. The first-order chi connectivity index (χ1) is 22.3. The number of hydrogen-bond acceptors (Lipinski definition) is 8. The molecule has 5 heterocycles. The van der Waals surface area contributed by atoms with Gasteiger partial charge < -0.3 is 19.3 Å². The molecule has 2 aromatic carbocycles. The number of piperazine rings is 1. The molecule has 0 unspecified atom stereocenters. The quantitative estimate of drug-likeness (QED) is 0.255. The molecule has 0 radical (unpaired) electrons. The van der Waals surface area contributed by atoms with Gasteiger partial charge in [0.1, 0.15) is 18.0 Å². The molecule has 11 nitrogen and oxygen atoms in total. The van der Waals surface area contributed by atoms with Crippen LogP contribution in [0.4, 0.5) is 15.0 Å². The number of aryl methyl sites for hydroxylation is 2. The minimum Gasteiger partial charge on any atom is -0.487 e. The van der Waals surface area contributed by atoms with Crippen molar-refractivity contribution in [1.29, 1.82) is 0 Å². The van der Waals surface area contributed by atoms with E-state index in [4.69, 9.17) is 9.47 Å². The Morgan fingerprint density at radius 1 is 1.15 bits per heavy atom. The molecule has 0 saturated carbocycles. The predicted octanol–water partition coefficient (Wildman–Crippen LogP) is 6.02. The van der Waals surface area contributed by atoms with Crippen LogP contribution in [-0.4, -0.2) is 73.6 Å². The Labute approximate surface area is 271 Å². The van der Waals surface area contributed by atoms with Crippen molar-refractivity contribution < 1.29 is 18.7 Å². The Morgan fingerprint density at radius 2 is 1.94 bits per heavy atom. The first kappa shape index (κ1) is 30.6. The summed E-state index contributed by atoms with van der Waals surface area (Å²) in [5.41, 5.74) is 4.00. The van der Waals surface area contributed by atoms with E-state index in [2.05, 4.69) is 20.2 Å². The smallest absolute Gasteiger partial charge is 0.410 e. The fraction of sp³-hybridized carbons (Fsp3) is 0.400. The van der Waals surface area contributed by atoms with Crippen molar-refractivity contribution in [3.63, 3.8) is 0 Å². The van der Waals surface area contributed by atoms with E-state index in [1.807, 2.05) is 71.6 Å². The molecule has 0 spiro atoms. The molecule has 0 bridgehead atoms. The second-order valence-electron chi connectivity index (χ2n) is 13.7. The SMILES string of the molecule is Cc1ccnc(C(C)C)c1-n1c(=O)nc2c3c(c(F)c(-c4c(C)ccc5[nH]ncc45)cc31)OC[C@H]1CN(C(=O)OC(C)(C)C)CCN21. The van der Waals surface area contributed by atoms with Crippen LogP contribution in [0.5, 0.6) is 5.75 Å². The number of pyridine rings is 1. The van der Waals surface area contributed by atoms with Crippen molar-refractivity contribution in [3.8, 4) is 22.6 Å². The first-order valence-electron chi connectivity index (χ1n) is 15.9. The topological polar surface area (TPSA) is 118 Å². The van der Waals surface area contributed by atoms with Crippen LogP contribution in [0.15, 0.2) is 41.5 Å². The molecule has 1 N–H and O–H groups in total. The van der Waals surface area contributed by atoms with Gasteiger partial charge in [-0.3, -0.25) is 14.6 Å². The Hall–Kier alpha value is -5.00. The lowest BCUT2D eigenvalue weighted by Crippen LogP contribution is -2.57. The summed E-state index contributed by atoms with van der Waals surface area (Å²) in [5, 5.41) is 8.34. The van der Waals surface area contributed by atoms with Gasteiger partial charge in [-0.25, -0.2) is 14.0 Å². The van der Waals surface area contributed by atoms with Gasteiger partial charge in [-0.05, 0) is 75.4 Å². The molecule has 2 aliphatic heterocycles. The Morgan fingerprint density at radius 3 is 2.68 bits per heavy atom. The Kier molecular flexibility index (Phi) is 7.21. The summed E-state index contributed by atoms with van der Waals surface area (Å²) in [6, 6.07) is 7.01. The highest BCUT2D eigenvalue weighted by molar-refractivity contribution is 6.04. The number of nitrogens with zero attached hydrogens (tertiary/aromatic N) is 6. The summed E-state index contributed by atoms with van der Waals surface area (Å²) in [4.78, 5) is 40.2. The maximum Gasteiger partial charge on any atom is 0.410 e. The van der Waals surface area contributed by atoms with Gasteiger partial charge in [-0.15, -0.1) is 0 Å². The molecule has 2 aliphatic rings. The van der Waals surface area contributed by atoms with E-state index in [0.29, 0.717) is 41.1 Å². The number of halogens is 1. The third-order valence-electron chi connectivity index (χ3n) is 8.91. The predicted molar refractivity (Wildman–Crippen MR) is 178 cm³/mol. The second-order valence-corrected chi connectivity index (χ2v) is 13.7. The van der Waals surface area contributed by atoms with Gasteiger partial charge in [-0.1, -0.05) is 19.9 Å². The number of nitrogens with one attached hydrogen (secondary N) is 1. The zero-order chi connectivity index (χ0) is 33.4. The summed E-state index contributed by atoms with van der Waals surface area (Å²) in [6.45, 7) is 14.4. The third-order valence-corrected chi connectivity index (χ3v) is 8.91. The fourth-order valence-corrected chi connectivity index (χ4v) is 6.77. The molecular weight excluding hydrogens is 601 g/mol. The molecule has 47 heavy (non-hydrogen) atoms. The number of aromatic nitrogens is 5. The van der Waals surface area contributed by atoms with Crippen molar-refractivity contribution in [2.45, 2.75) is 66.0 Å². The summed E-state index contributed by atoms with van der Waals surface area (Å²) < 4.78 is 30.7. The van der Waals surface area contributed by atoms with Gasteiger partial charge in [-0.2, -0.15) is 10.1 Å². The number of ether oxygens (including phenoxy) is 2. The standard InChI is InChI=1S/C35H38FN7O4/c1-18(2)29-30(20(4)10-11-37-29)43-25-14-22(26-19(3)8-9-24-23(26)15-38-40-24)28(36)31-27(25)32(39-33(43)44)42-13-12-41(16-21(42)17-46-31)34(45)47-35(5,6)7/h8-11,14-15,18,21H,12-13,16-17H2,1-7H3,(H,38,40)/t21-/m1/s1. The molecule has 5 aromatic rings. The number of carbonyl (C=O) groups excluding carboxylic acids is 1. The van der Waals surface area contributed by atoms with E-state index in [0.717, 1.165) is 27.7 Å². The highest BCUT2D eigenvalue weighted by Gasteiger charge is 2.38. The molecule has 1 fully saturated rings. The van der Waals surface area contributed by atoms with E-state index in [1.54, 1.807) is 27.9 Å². The normalized spacial score (nSPS) is 16.4. The van der Waals surface area contributed by atoms with E-state index in [9.17, 15) is 9.59 Å². The van der Waals surface area contributed by atoms with E-state index >= 15 is 4.39 Å². The van der Waals surface area contributed by atoms with Crippen molar-refractivity contribution in [2.75, 3.05) is 31.1 Å². The maximum atomic E-state index is 17.1. The fourth-order valence-electron chi connectivity index (χ4n) is 6.77. The minimum absolute atomic E-state index is 0.00918. The lowest BCUT2D eigenvalue weighted by Gasteiger charge is -2.41. The van der Waals surface area contributed by atoms with Crippen LogP contribution in [0, 0.1) is 19.7 Å². The number of anilines is 1. The van der Waals surface area contributed by atoms with Crippen LogP contribution in [0.3, 0.4) is 0 Å². The molecule has 1 amide bonds. The van der Waals surface area contributed by atoms with Crippen molar-refractivity contribution in [2.24, 2.45) is 0 Å². The molecule has 0 aliphatic carbocycles. The number of fused-ring (bicyclic) bond motifs is 3. The minimum atomic E-state index is -0.655. The number of rotatable bonds is 3. The second kappa shape index (κ2) is 11.1. The lowest BCUT2D eigenvalue weighted by molar-refractivity contribution is 0.0201. The number of H-pyrrole nitrogens is 1. The van der Waals surface area contributed by atoms with E-state index in [1.165, 1.54) is 0 Å². The number of aromatic amines is 1. The van der Waals surface area contributed by atoms with Gasteiger partial charge in [0, 0.05) is 36.8 Å². The van der Waals surface area contributed by atoms with E-state index in [-0.39, 0.29) is 30.4 Å². The Bertz CT molecular complexity index is 2130. The van der Waals surface area contributed by atoms with Crippen LogP contribution >= 0.6 is 0 Å². The average Bonchev–Trinajstić information content (AvgIpc) is 3.42. The van der Waals surface area contributed by atoms with Crippen molar-refractivity contribution >= 4 is 33.7 Å². The van der Waals surface area contributed by atoms with Gasteiger partial charge in [0.25, 0.3) is 0 Å². The van der Waals surface area contributed by atoms with Crippen LogP contribution in [0.1, 0.15) is 57.4 Å². The largest absolute Gasteiger partial charge is 0.487 e. The third kappa shape index (κ3) is 5.06. The number of carbonyl (C=O) groups is 1. The molecule has 12 heteroatoms. The number of benzene rings is 2. The maximum absolute atomic E-state index is 17.1. The molecule has 3 aromatic heterocycles. The van der Waals surface area contributed by atoms with Crippen molar-refractivity contribution in [1.82, 2.24) is 29.6 Å². The van der Waals surface area contributed by atoms with Gasteiger partial charge >= 0.3 is 11.8 Å². The van der Waals surface area contributed by atoms with Crippen LogP contribution in [0.2, 0.25) is 0 Å². The summed E-state index contributed by atoms with van der Waals surface area (Å²) >= 11 is 0. The summed E-state index contributed by atoms with van der Waals surface area (Å²) in [7, 11) is 0. The van der Waals surface area contributed by atoms with Crippen LogP contribution < -0.4 is 15.3 Å². The van der Waals surface area contributed by atoms with E-state index < -0.39 is 29.2 Å². The summed E-state index contributed by atoms with van der Waals surface area (Å²) in [6.07, 6.45) is 2.98. The van der Waals surface area contributed by atoms with Gasteiger partial charge in [0.15, 0.2) is 11.6 Å². The Balaban J connectivity index is 1.50. The highest BCUT2D eigenvalue weighted by atomic mass is 19.1. The zero-order valence-corrected chi connectivity index (χ0v) is 27.6. The van der Waals surface area contributed by atoms with Crippen LogP contribution in [0.25, 0.3) is 38.6 Å². The molecule has 1 atom stereocenters. The molecule has 7 rings (SSSR count). The summed E-state index contributed by atoms with van der Waals surface area (Å²) in [5.74, 6) is -0.220. The van der Waals surface area contributed by atoms with Gasteiger partial charge in [0.2, 0.25) is 0 Å². The number of hydrogen-bond donors (Lipinski definition) is 1. The molecule has 244 valence electrons. The molecular formula is C35H38FN7O4. The highest BCUT2D eigenvalue weighted by Crippen LogP contribution is 2.45. The lowest BCUT2D eigenvalue weighted by atomic mass is 9.94. The van der Waals surface area contributed by atoms with Crippen molar-refractivity contribution in [3.05, 3.63) is 69.8 Å². The average molecular weight is 640 g/mol. The monoisotopic (exact) mass is 639 g/mol. The first-order valence-corrected chi connectivity index (χ1v) is 15.9. The molecule has 1 saturated heterocycles. The van der Waals surface area contributed by atoms with Crippen LogP contribution in [-0.2, 0) is 4.74 Å². The van der Waals surface area contributed by atoms with Gasteiger partial charge in [0.05, 0.1) is 40.0 Å². The zero-order valence-electron chi connectivity index (χ0n) is 27.6.